The molecule has 0 aliphatic heterocycles. The van der Waals surface area contributed by atoms with Gasteiger partial charge in [0.1, 0.15) is 11.4 Å². The largest absolute Gasteiger partial charge is 0.480 e. The maximum absolute atomic E-state index is 11.2. The molecule has 10 heteroatoms. The third-order valence-electron chi connectivity index (χ3n) is 0.449. The minimum absolute atomic E-state index is 1.33. The zero-order chi connectivity index (χ0) is 9.28. The zero-order valence-corrected chi connectivity index (χ0v) is 6.13. The standard InChI is InChI=1S/CF4NO3S2/c2-1(3,4)11(8,9)6-10(5)7/q-1. The number of hydrogen-bond acceptors (Lipinski definition) is 3. The highest BCUT2D eigenvalue weighted by molar-refractivity contribution is 8.08. The summed E-state index contributed by atoms with van der Waals surface area (Å²) in [5, 5.41) is 0. The van der Waals surface area contributed by atoms with E-state index in [0.717, 1.165) is 0 Å². The van der Waals surface area contributed by atoms with Crippen LogP contribution in [0.25, 0.3) is 4.13 Å². The van der Waals surface area contributed by atoms with Gasteiger partial charge >= 0.3 is 5.51 Å². The monoisotopic (exact) mass is 214 g/mol. The first kappa shape index (κ1) is 10.8. The van der Waals surface area contributed by atoms with E-state index in [4.69, 9.17) is 0 Å². The van der Waals surface area contributed by atoms with E-state index < -0.39 is 26.9 Å². The molecule has 0 aliphatic rings. The fraction of sp³-hybridized carbons (Fsp3) is 1.00. The molecule has 0 rings (SSSR count). The minimum Gasteiger partial charge on any atom is -0.426 e. The van der Waals surface area contributed by atoms with Crippen LogP contribution in [0.15, 0.2) is 0 Å². The molecule has 0 aromatic heterocycles. The minimum atomic E-state index is -5.95. The Kier molecular flexibility index (Phi) is 2.97. The molecule has 1 atom stereocenters. The number of rotatable bonds is 2. The van der Waals surface area contributed by atoms with Gasteiger partial charge in [0.15, 0.2) is 10.0 Å². The quantitative estimate of drug-likeness (QED) is 0.503. The molecule has 0 aromatic rings. The Morgan fingerprint density at radius 3 is 1.73 bits per heavy atom. The zero-order valence-electron chi connectivity index (χ0n) is 4.50. The van der Waals surface area contributed by atoms with Crippen LogP contribution in [0.1, 0.15) is 0 Å². The average molecular weight is 214 g/mol. The first-order valence-electron chi connectivity index (χ1n) is 1.79. The molecular weight excluding hydrogens is 214 g/mol. The van der Waals surface area contributed by atoms with Gasteiger partial charge in [-0.1, -0.05) is 0 Å². The first-order chi connectivity index (χ1) is 4.67. The molecule has 0 saturated carbocycles. The summed E-state index contributed by atoms with van der Waals surface area (Å²) >= 11 is -3.86. The lowest BCUT2D eigenvalue weighted by Crippen LogP contribution is -2.21. The Morgan fingerprint density at radius 1 is 1.27 bits per heavy atom. The van der Waals surface area contributed by atoms with Gasteiger partial charge in [-0.05, 0) is 0 Å². The van der Waals surface area contributed by atoms with Crippen molar-refractivity contribution in [2.45, 2.75) is 5.51 Å². The predicted octanol–water partition coefficient (Wildman–Crippen LogP) is 0.758. The van der Waals surface area contributed by atoms with Crippen molar-refractivity contribution < 1.29 is 29.7 Å². The van der Waals surface area contributed by atoms with Gasteiger partial charge in [-0.2, -0.15) is 17.1 Å². The Bertz CT molecular complexity index is 253. The number of halogens is 4. The van der Waals surface area contributed by atoms with Crippen molar-refractivity contribution in [3.05, 3.63) is 4.13 Å². The lowest BCUT2D eigenvalue weighted by molar-refractivity contribution is -0.0424. The van der Waals surface area contributed by atoms with Crippen molar-refractivity contribution >= 4 is 21.4 Å². The number of alkyl halides is 3. The number of nitrogens with zero attached hydrogens (tertiary/aromatic N) is 1. The summed E-state index contributed by atoms with van der Waals surface area (Å²) in [5.74, 6) is 0. The van der Waals surface area contributed by atoms with Gasteiger partial charge in [-0.15, -0.1) is 0 Å². The summed E-state index contributed by atoms with van der Waals surface area (Å²) in [5.41, 5.74) is -5.70. The molecule has 11 heavy (non-hydrogen) atoms. The predicted molar refractivity (Wildman–Crippen MR) is 27.6 cm³/mol. The molecule has 0 bridgehead atoms. The van der Waals surface area contributed by atoms with Gasteiger partial charge in [0.2, 0.25) is 0 Å². The summed E-state index contributed by atoms with van der Waals surface area (Å²) in [6, 6.07) is 0. The molecule has 0 saturated heterocycles. The summed E-state index contributed by atoms with van der Waals surface area (Å²) in [7, 11) is -5.95. The molecule has 0 N–H and O–H groups in total. The smallest absolute Gasteiger partial charge is 0.426 e. The SMILES string of the molecule is O=S(F)[N-]S(=O)(=O)C(F)(F)F. The summed E-state index contributed by atoms with van der Waals surface area (Å²) in [4.78, 5) is 0. The van der Waals surface area contributed by atoms with Crippen molar-refractivity contribution in [3.8, 4) is 0 Å². The van der Waals surface area contributed by atoms with Crippen LogP contribution in [-0.2, 0) is 21.4 Å². The molecule has 0 fully saturated rings. The van der Waals surface area contributed by atoms with E-state index in [-0.39, 0.29) is 0 Å². The molecule has 68 valence electrons. The van der Waals surface area contributed by atoms with Crippen LogP contribution >= 0.6 is 0 Å². The van der Waals surface area contributed by atoms with Gasteiger partial charge in [0, 0.05) is 0 Å². The maximum atomic E-state index is 11.2. The van der Waals surface area contributed by atoms with E-state index in [1.807, 2.05) is 0 Å². The fourth-order valence-electron chi connectivity index (χ4n) is 0.119. The third kappa shape index (κ3) is 3.12. The lowest BCUT2D eigenvalue weighted by atomic mass is 11.6. The van der Waals surface area contributed by atoms with Crippen molar-refractivity contribution in [1.29, 1.82) is 0 Å². The first-order valence-corrected chi connectivity index (χ1v) is 4.24. The molecular formula is CF4NO3S2-. The van der Waals surface area contributed by atoms with Crippen LogP contribution < -0.4 is 0 Å². The third-order valence-corrected chi connectivity index (χ3v) is 2.29. The summed E-state index contributed by atoms with van der Waals surface area (Å²) < 4.78 is 74.9. The highest BCUT2D eigenvalue weighted by atomic mass is 32.3. The van der Waals surface area contributed by atoms with Crippen LogP contribution in [0.2, 0.25) is 0 Å². The van der Waals surface area contributed by atoms with E-state index in [9.17, 15) is 29.7 Å². The van der Waals surface area contributed by atoms with E-state index in [1.54, 1.807) is 0 Å². The molecule has 0 heterocycles. The Hall–Kier alpha value is -0.220. The Labute approximate surface area is 61.5 Å². The maximum Gasteiger partial charge on any atom is 0.480 e. The van der Waals surface area contributed by atoms with E-state index >= 15 is 0 Å². The van der Waals surface area contributed by atoms with Crippen LogP contribution in [0.3, 0.4) is 0 Å². The second-order valence-corrected chi connectivity index (χ2v) is 3.62. The highest BCUT2D eigenvalue weighted by Gasteiger charge is 2.39. The van der Waals surface area contributed by atoms with E-state index in [0.29, 0.717) is 0 Å². The van der Waals surface area contributed by atoms with Crippen LogP contribution in [0, 0.1) is 0 Å². The topological polar surface area (TPSA) is 65.3 Å². The lowest BCUT2D eigenvalue weighted by Gasteiger charge is -2.16. The second-order valence-electron chi connectivity index (χ2n) is 1.20. The van der Waals surface area contributed by atoms with Crippen molar-refractivity contribution in [3.63, 3.8) is 0 Å². The summed E-state index contributed by atoms with van der Waals surface area (Å²) in [6.07, 6.45) is 0. The second kappa shape index (κ2) is 3.03. The molecule has 4 nitrogen and oxygen atoms in total. The van der Waals surface area contributed by atoms with Gasteiger partial charge in [-0.3, -0.25) is 0 Å². The molecule has 0 spiro atoms. The van der Waals surface area contributed by atoms with Gasteiger partial charge < -0.3 is 4.13 Å². The Balaban J connectivity index is 4.64. The highest BCUT2D eigenvalue weighted by Crippen LogP contribution is 2.28. The van der Waals surface area contributed by atoms with Crippen molar-refractivity contribution in [2.24, 2.45) is 0 Å². The van der Waals surface area contributed by atoms with Crippen LogP contribution in [0.5, 0.6) is 0 Å². The number of hydrogen-bond donors (Lipinski definition) is 0. The van der Waals surface area contributed by atoms with E-state index in [2.05, 4.69) is 0 Å². The van der Waals surface area contributed by atoms with Gasteiger partial charge in [-0.25, -0.2) is 12.6 Å². The van der Waals surface area contributed by atoms with Gasteiger partial charge in [0.05, 0.1) is 0 Å². The van der Waals surface area contributed by atoms with Crippen molar-refractivity contribution in [1.82, 2.24) is 0 Å². The van der Waals surface area contributed by atoms with Crippen LogP contribution in [-0.4, -0.2) is 18.1 Å². The van der Waals surface area contributed by atoms with E-state index in [1.165, 1.54) is 4.13 Å². The normalized spacial score (nSPS) is 16.4. The molecule has 0 aliphatic carbocycles. The molecule has 0 amide bonds. The number of sulfonamides is 1. The average Bonchev–Trinajstić information content (AvgIpc) is 1.56. The molecule has 1 unspecified atom stereocenters. The molecule has 0 radical (unpaired) electrons. The van der Waals surface area contributed by atoms with Gasteiger partial charge in [0.25, 0.3) is 0 Å². The fourth-order valence-corrected chi connectivity index (χ4v) is 1.07. The summed E-state index contributed by atoms with van der Waals surface area (Å²) in [6.45, 7) is 0. The van der Waals surface area contributed by atoms with Crippen LogP contribution in [0.4, 0.5) is 17.1 Å². The Morgan fingerprint density at radius 2 is 1.64 bits per heavy atom. The van der Waals surface area contributed by atoms with Crippen molar-refractivity contribution in [2.75, 3.05) is 0 Å². The molecule has 0 aromatic carbocycles.